The monoisotopic (exact) mass is 329 g/mol. The second-order valence-electron chi connectivity index (χ2n) is 4.82. The molecule has 0 radical (unpaired) electrons. The lowest BCUT2D eigenvalue weighted by Crippen LogP contribution is -2.23. The summed E-state index contributed by atoms with van der Waals surface area (Å²) >= 11 is 0. The normalized spacial score (nSPS) is 9.92. The van der Waals surface area contributed by atoms with E-state index in [1.54, 1.807) is 30.3 Å². The number of methoxy groups -OCH3 is 1. The maximum atomic E-state index is 12.0. The van der Waals surface area contributed by atoms with E-state index in [-0.39, 0.29) is 25.0 Å². The molecule has 0 aliphatic heterocycles. The molecule has 0 spiro atoms. The molecule has 0 bridgehead atoms. The average Bonchev–Trinajstić information content (AvgIpc) is 2.61. The molecule has 7 nitrogen and oxygen atoms in total. The Labute approximate surface area is 139 Å². The van der Waals surface area contributed by atoms with Crippen molar-refractivity contribution < 1.29 is 19.1 Å². The van der Waals surface area contributed by atoms with Crippen LogP contribution >= 0.6 is 0 Å². The van der Waals surface area contributed by atoms with Crippen LogP contribution in [-0.2, 0) is 9.59 Å². The molecule has 126 valence electrons. The van der Waals surface area contributed by atoms with Gasteiger partial charge in [-0.1, -0.05) is 18.2 Å². The van der Waals surface area contributed by atoms with Gasteiger partial charge in [0.2, 0.25) is 5.91 Å². The molecule has 0 unspecified atom stereocenters. The van der Waals surface area contributed by atoms with Crippen molar-refractivity contribution in [3.8, 4) is 11.5 Å². The highest BCUT2D eigenvalue weighted by Gasteiger charge is 2.10. The minimum Gasteiger partial charge on any atom is -0.495 e. The van der Waals surface area contributed by atoms with Crippen molar-refractivity contribution in [2.45, 2.75) is 0 Å². The van der Waals surface area contributed by atoms with E-state index in [0.29, 0.717) is 22.9 Å². The fourth-order valence-electron chi connectivity index (χ4n) is 1.95. The predicted molar refractivity (Wildman–Crippen MR) is 91.2 cm³/mol. The van der Waals surface area contributed by atoms with Crippen molar-refractivity contribution in [1.29, 1.82) is 0 Å². The summed E-state index contributed by atoms with van der Waals surface area (Å²) in [5.41, 5.74) is 6.22. The Morgan fingerprint density at radius 3 is 2.46 bits per heavy atom. The highest BCUT2D eigenvalue weighted by molar-refractivity contribution is 5.96. The molecule has 7 heteroatoms. The number of anilines is 2. The van der Waals surface area contributed by atoms with Crippen LogP contribution in [0.15, 0.2) is 48.5 Å². The molecule has 2 aromatic rings. The SMILES string of the molecule is COc1ccc(NC(=O)COc2ccccc2)cc1NC(=O)CN. The minimum absolute atomic E-state index is 0.124. The number of ether oxygens (including phenoxy) is 2. The molecule has 4 N–H and O–H groups in total. The summed E-state index contributed by atoms with van der Waals surface area (Å²) in [7, 11) is 1.49. The summed E-state index contributed by atoms with van der Waals surface area (Å²) in [5, 5.41) is 5.30. The third kappa shape index (κ3) is 4.99. The van der Waals surface area contributed by atoms with E-state index < -0.39 is 0 Å². The van der Waals surface area contributed by atoms with Crippen LogP contribution in [-0.4, -0.2) is 32.1 Å². The van der Waals surface area contributed by atoms with E-state index in [2.05, 4.69) is 10.6 Å². The number of hydrogen-bond acceptors (Lipinski definition) is 5. The molecule has 0 fully saturated rings. The maximum Gasteiger partial charge on any atom is 0.262 e. The molecule has 2 aromatic carbocycles. The number of rotatable bonds is 7. The Bertz CT molecular complexity index is 704. The summed E-state index contributed by atoms with van der Waals surface area (Å²) < 4.78 is 10.5. The molecule has 0 aliphatic carbocycles. The van der Waals surface area contributed by atoms with Gasteiger partial charge in [0, 0.05) is 5.69 Å². The number of benzene rings is 2. The first-order valence-corrected chi connectivity index (χ1v) is 7.28. The van der Waals surface area contributed by atoms with Crippen LogP contribution in [0.3, 0.4) is 0 Å². The number of hydrogen-bond donors (Lipinski definition) is 3. The first-order chi connectivity index (χ1) is 11.6. The van der Waals surface area contributed by atoms with Gasteiger partial charge in [-0.2, -0.15) is 0 Å². The van der Waals surface area contributed by atoms with Crippen LogP contribution < -0.4 is 25.8 Å². The van der Waals surface area contributed by atoms with Crippen LogP contribution in [0, 0.1) is 0 Å². The molecule has 0 aromatic heterocycles. The van der Waals surface area contributed by atoms with Gasteiger partial charge in [-0.05, 0) is 30.3 Å². The van der Waals surface area contributed by atoms with Crippen LogP contribution in [0.4, 0.5) is 11.4 Å². The van der Waals surface area contributed by atoms with Crippen LogP contribution in [0.2, 0.25) is 0 Å². The fourth-order valence-corrected chi connectivity index (χ4v) is 1.95. The van der Waals surface area contributed by atoms with Gasteiger partial charge in [0.15, 0.2) is 6.61 Å². The van der Waals surface area contributed by atoms with Gasteiger partial charge < -0.3 is 25.8 Å². The molecule has 0 heterocycles. The van der Waals surface area contributed by atoms with Crippen LogP contribution in [0.25, 0.3) is 0 Å². The van der Waals surface area contributed by atoms with Crippen LogP contribution in [0.5, 0.6) is 11.5 Å². The Morgan fingerprint density at radius 2 is 1.79 bits per heavy atom. The number of amides is 2. The van der Waals surface area contributed by atoms with Crippen molar-refractivity contribution in [2.24, 2.45) is 5.73 Å². The van der Waals surface area contributed by atoms with Gasteiger partial charge in [-0.3, -0.25) is 9.59 Å². The molecular formula is C17H19N3O4. The zero-order valence-corrected chi connectivity index (χ0v) is 13.2. The lowest BCUT2D eigenvalue weighted by molar-refractivity contribution is -0.118. The highest BCUT2D eigenvalue weighted by atomic mass is 16.5. The van der Waals surface area contributed by atoms with Crippen molar-refractivity contribution in [3.63, 3.8) is 0 Å². The molecule has 2 amide bonds. The van der Waals surface area contributed by atoms with Gasteiger partial charge in [0.05, 0.1) is 19.3 Å². The smallest absolute Gasteiger partial charge is 0.262 e. The van der Waals surface area contributed by atoms with Crippen molar-refractivity contribution in [3.05, 3.63) is 48.5 Å². The molecule has 0 atom stereocenters. The van der Waals surface area contributed by atoms with Crippen molar-refractivity contribution in [1.82, 2.24) is 0 Å². The third-order valence-corrected chi connectivity index (χ3v) is 3.06. The number of carbonyl (C=O) groups excluding carboxylic acids is 2. The number of carbonyl (C=O) groups is 2. The van der Waals surface area contributed by atoms with E-state index in [1.165, 1.54) is 7.11 Å². The third-order valence-electron chi connectivity index (χ3n) is 3.06. The largest absolute Gasteiger partial charge is 0.495 e. The van der Waals surface area contributed by atoms with Gasteiger partial charge >= 0.3 is 0 Å². The Kier molecular flexibility index (Phi) is 6.16. The maximum absolute atomic E-state index is 12.0. The number of para-hydroxylation sites is 1. The molecular weight excluding hydrogens is 310 g/mol. The molecule has 24 heavy (non-hydrogen) atoms. The van der Waals surface area contributed by atoms with Crippen molar-refractivity contribution >= 4 is 23.2 Å². The summed E-state index contributed by atoms with van der Waals surface area (Å²) in [6.07, 6.45) is 0. The summed E-state index contributed by atoms with van der Waals surface area (Å²) in [4.78, 5) is 23.4. The lowest BCUT2D eigenvalue weighted by atomic mass is 10.2. The van der Waals surface area contributed by atoms with E-state index in [0.717, 1.165) is 0 Å². The summed E-state index contributed by atoms with van der Waals surface area (Å²) in [5.74, 6) is 0.401. The van der Waals surface area contributed by atoms with Crippen LogP contribution in [0.1, 0.15) is 0 Å². The molecule has 2 rings (SSSR count). The second kappa shape index (κ2) is 8.54. The van der Waals surface area contributed by atoms with Gasteiger partial charge in [0.25, 0.3) is 5.91 Å². The lowest BCUT2D eigenvalue weighted by Gasteiger charge is -2.12. The summed E-state index contributed by atoms with van der Waals surface area (Å²) in [6.45, 7) is -0.273. The first kappa shape index (κ1) is 17.3. The predicted octanol–water partition coefficient (Wildman–Crippen LogP) is 1.61. The van der Waals surface area contributed by atoms with Gasteiger partial charge in [-0.25, -0.2) is 0 Å². The van der Waals surface area contributed by atoms with E-state index >= 15 is 0 Å². The highest BCUT2D eigenvalue weighted by Crippen LogP contribution is 2.27. The Morgan fingerprint density at radius 1 is 1.04 bits per heavy atom. The zero-order chi connectivity index (χ0) is 17.4. The Hall–Kier alpha value is -3.06. The molecule has 0 saturated heterocycles. The first-order valence-electron chi connectivity index (χ1n) is 7.28. The molecule has 0 aliphatic rings. The zero-order valence-electron chi connectivity index (χ0n) is 13.2. The van der Waals surface area contributed by atoms with E-state index in [1.807, 2.05) is 18.2 Å². The molecule has 0 saturated carbocycles. The van der Waals surface area contributed by atoms with Gasteiger partial charge in [-0.15, -0.1) is 0 Å². The quantitative estimate of drug-likeness (QED) is 0.716. The number of nitrogens with one attached hydrogen (secondary N) is 2. The number of nitrogens with two attached hydrogens (primary N) is 1. The minimum atomic E-state index is -0.357. The average molecular weight is 329 g/mol. The summed E-state index contributed by atoms with van der Waals surface area (Å²) in [6, 6.07) is 13.9. The van der Waals surface area contributed by atoms with Crippen molar-refractivity contribution in [2.75, 3.05) is 30.9 Å². The van der Waals surface area contributed by atoms with E-state index in [9.17, 15) is 9.59 Å². The Balaban J connectivity index is 1.99. The topological polar surface area (TPSA) is 103 Å². The fraction of sp³-hybridized carbons (Fsp3) is 0.176. The standard InChI is InChI=1S/C17H19N3O4/c1-23-15-8-7-12(9-14(15)20-16(21)10-18)19-17(22)11-24-13-5-3-2-4-6-13/h2-9H,10-11,18H2,1H3,(H,19,22)(H,20,21). The second-order valence-corrected chi connectivity index (χ2v) is 4.82. The van der Waals surface area contributed by atoms with Gasteiger partial charge in [0.1, 0.15) is 11.5 Å². The van der Waals surface area contributed by atoms with E-state index in [4.69, 9.17) is 15.2 Å².